The Hall–Kier alpha value is -2.11. The molecule has 1 aromatic carbocycles. The zero-order valence-electron chi connectivity index (χ0n) is 8.59. The van der Waals surface area contributed by atoms with Gasteiger partial charge in [0.05, 0.1) is 11.5 Å². The Bertz CT molecular complexity index is 394. The van der Waals surface area contributed by atoms with E-state index in [9.17, 15) is 9.18 Å². The molecule has 0 spiro atoms. The molecule has 5 N–H and O–H groups in total. The van der Waals surface area contributed by atoms with E-state index in [1.165, 1.54) is 18.2 Å². The molecule has 2 amide bonds. The molecule has 0 aromatic heterocycles. The number of carbonyl (C=O) groups is 1. The maximum Gasteiger partial charge on any atom is 0.319 e. The van der Waals surface area contributed by atoms with Crippen molar-refractivity contribution in [2.24, 2.45) is 5.73 Å². The third kappa shape index (κ3) is 3.95. The first-order valence-electron chi connectivity index (χ1n) is 4.72. The monoisotopic (exact) mass is 224 g/mol. The molecule has 0 fully saturated rings. The molecule has 0 saturated carbocycles. The first-order chi connectivity index (χ1) is 7.59. The summed E-state index contributed by atoms with van der Waals surface area (Å²) >= 11 is 0. The summed E-state index contributed by atoms with van der Waals surface area (Å²) in [7, 11) is 0. The number of nitrogens with two attached hydrogens (primary N) is 1. The highest BCUT2D eigenvalue weighted by Crippen LogP contribution is 2.11. The number of urea groups is 1. The van der Waals surface area contributed by atoms with Crippen LogP contribution in [0.1, 0.15) is 6.42 Å². The number of amidine groups is 1. The fraction of sp³-hybridized carbons (Fsp3) is 0.200. The molecule has 86 valence electrons. The van der Waals surface area contributed by atoms with Gasteiger partial charge in [0.2, 0.25) is 0 Å². The molecule has 0 heterocycles. The Morgan fingerprint density at radius 1 is 1.44 bits per heavy atom. The fourth-order valence-electron chi connectivity index (χ4n) is 1.04. The molecule has 0 aliphatic heterocycles. The lowest BCUT2D eigenvalue weighted by Gasteiger charge is -2.07. The largest absolute Gasteiger partial charge is 0.388 e. The van der Waals surface area contributed by atoms with Gasteiger partial charge in [-0.25, -0.2) is 9.18 Å². The van der Waals surface area contributed by atoms with Crippen LogP contribution < -0.4 is 16.4 Å². The Kier molecular flexibility index (Phi) is 4.26. The van der Waals surface area contributed by atoms with E-state index in [1.807, 2.05) is 0 Å². The van der Waals surface area contributed by atoms with E-state index in [0.29, 0.717) is 0 Å². The highest BCUT2D eigenvalue weighted by atomic mass is 19.1. The first-order valence-corrected chi connectivity index (χ1v) is 4.72. The average molecular weight is 224 g/mol. The number of rotatable bonds is 4. The summed E-state index contributed by atoms with van der Waals surface area (Å²) in [5.41, 5.74) is 5.22. The van der Waals surface area contributed by atoms with Gasteiger partial charge in [0.1, 0.15) is 5.82 Å². The van der Waals surface area contributed by atoms with Crippen LogP contribution in [0.4, 0.5) is 14.9 Å². The van der Waals surface area contributed by atoms with Crippen LogP contribution in [-0.4, -0.2) is 18.4 Å². The molecule has 0 unspecified atom stereocenters. The van der Waals surface area contributed by atoms with Gasteiger partial charge in [-0.1, -0.05) is 12.1 Å². The number of anilines is 1. The van der Waals surface area contributed by atoms with E-state index in [0.717, 1.165) is 0 Å². The number of amides is 2. The maximum atomic E-state index is 13.1. The Labute approximate surface area is 92.3 Å². The van der Waals surface area contributed by atoms with Crippen LogP contribution in [0.15, 0.2) is 24.3 Å². The van der Waals surface area contributed by atoms with Crippen molar-refractivity contribution >= 4 is 17.6 Å². The van der Waals surface area contributed by atoms with Gasteiger partial charge in [-0.15, -0.1) is 0 Å². The molecule has 5 nitrogen and oxygen atoms in total. The van der Waals surface area contributed by atoms with Crippen LogP contribution in [0, 0.1) is 11.2 Å². The van der Waals surface area contributed by atoms with Crippen molar-refractivity contribution in [2.45, 2.75) is 6.42 Å². The van der Waals surface area contributed by atoms with Crippen molar-refractivity contribution in [2.75, 3.05) is 11.9 Å². The van der Waals surface area contributed by atoms with Gasteiger partial charge < -0.3 is 16.4 Å². The normalized spacial score (nSPS) is 9.56. The predicted octanol–water partition coefficient (Wildman–Crippen LogP) is 1.27. The topological polar surface area (TPSA) is 91.0 Å². The molecule has 0 aliphatic rings. The lowest BCUT2D eigenvalue weighted by Crippen LogP contribution is -2.31. The minimum Gasteiger partial charge on any atom is -0.388 e. The molecule has 0 bridgehead atoms. The second-order valence-corrected chi connectivity index (χ2v) is 3.14. The van der Waals surface area contributed by atoms with Gasteiger partial charge >= 0.3 is 6.03 Å². The van der Waals surface area contributed by atoms with E-state index >= 15 is 0 Å². The predicted molar refractivity (Wildman–Crippen MR) is 60.0 cm³/mol. The third-order valence-corrected chi connectivity index (χ3v) is 1.80. The van der Waals surface area contributed by atoms with Crippen LogP contribution in [0.25, 0.3) is 0 Å². The second-order valence-electron chi connectivity index (χ2n) is 3.14. The summed E-state index contributed by atoms with van der Waals surface area (Å²) in [6, 6.07) is 5.35. The molecule has 16 heavy (non-hydrogen) atoms. The summed E-state index contributed by atoms with van der Waals surface area (Å²) < 4.78 is 13.1. The molecule has 1 rings (SSSR count). The van der Waals surface area contributed by atoms with Crippen LogP contribution >= 0.6 is 0 Å². The molecule has 0 aliphatic carbocycles. The van der Waals surface area contributed by atoms with Crippen LogP contribution in [0.5, 0.6) is 0 Å². The van der Waals surface area contributed by atoms with Crippen molar-refractivity contribution in [1.82, 2.24) is 5.32 Å². The van der Waals surface area contributed by atoms with Crippen molar-refractivity contribution in [3.05, 3.63) is 30.1 Å². The summed E-state index contributed by atoms with van der Waals surface area (Å²) in [6.07, 6.45) is 0.269. The van der Waals surface area contributed by atoms with E-state index in [-0.39, 0.29) is 24.5 Å². The van der Waals surface area contributed by atoms with Crippen LogP contribution in [0.2, 0.25) is 0 Å². The Morgan fingerprint density at radius 2 is 2.12 bits per heavy atom. The number of hydrogen-bond acceptors (Lipinski definition) is 2. The summed E-state index contributed by atoms with van der Waals surface area (Å²) in [5.74, 6) is -0.504. The van der Waals surface area contributed by atoms with Crippen molar-refractivity contribution in [3.63, 3.8) is 0 Å². The number of benzene rings is 1. The van der Waals surface area contributed by atoms with E-state index in [1.54, 1.807) is 6.07 Å². The van der Waals surface area contributed by atoms with Crippen LogP contribution in [0.3, 0.4) is 0 Å². The van der Waals surface area contributed by atoms with Gasteiger partial charge in [0, 0.05) is 13.0 Å². The van der Waals surface area contributed by atoms with E-state index in [4.69, 9.17) is 11.1 Å². The molecule has 6 heteroatoms. The highest BCUT2D eigenvalue weighted by molar-refractivity contribution is 5.89. The standard InChI is InChI=1S/C10H13FN4O/c11-7-3-1-2-4-8(7)15-10(16)14-6-5-9(12)13/h1-4H,5-6H2,(H3,12,13)(H2,14,15,16). The van der Waals surface area contributed by atoms with Gasteiger partial charge in [0.15, 0.2) is 0 Å². The van der Waals surface area contributed by atoms with Gasteiger partial charge in [-0.2, -0.15) is 0 Å². The molecule has 0 atom stereocenters. The molecule has 1 aromatic rings. The lowest BCUT2D eigenvalue weighted by molar-refractivity contribution is 0.252. The fourth-order valence-corrected chi connectivity index (χ4v) is 1.04. The number of carbonyl (C=O) groups excluding carboxylic acids is 1. The van der Waals surface area contributed by atoms with Gasteiger partial charge in [0.25, 0.3) is 0 Å². The molecule has 0 saturated heterocycles. The lowest BCUT2D eigenvalue weighted by atomic mass is 10.3. The molecular formula is C10H13FN4O. The molecule has 0 radical (unpaired) electrons. The first kappa shape index (κ1) is 12.0. The summed E-state index contributed by atoms with van der Waals surface area (Å²) in [6.45, 7) is 0.246. The third-order valence-electron chi connectivity index (χ3n) is 1.80. The van der Waals surface area contributed by atoms with Gasteiger partial charge in [-0.05, 0) is 12.1 Å². The van der Waals surface area contributed by atoms with E-state index < -0.39 is 11.8 Å². The van der Waals surface area contributed by atoms with Crippen LogP contribution in [-0.2, 0) is 0 Å². The number of hydrogen-bond donors (Lipinski definition) is 4. The number of halogens is 1. The van der Waals surface area contributed by atoms with E-state index in [2.05, 4.69) is 10.6 Å². The number of para-hydroxylation sites is 1. The Balaban J connectivity index is 2.40. The summed E-state index contributed by atoms with van der Waals surface area (Å²) in [4.78, 5) is 11.2. The zero-order valence-corrected chi connectivity index (χ0v) is 8.59. The van der Waals surface area contributed by atoms with Crippen molar-refractivity contribution in [1.29, 1.82) is 5.41 Å². The summed E-state index contributed by atoms with van der Waals surface area (Å²) in [5, 5.41) is 11.7. The quantitative estimate of drug-likeness (QED) is 0.458. The van der Waals surface area contributed by atoms with Crippen molar-refractivity contribution < 1.29 is 9.18 Å². The minimum absolute atomic E-state index is 0.00816. The molecular weight excluding hydrogens is 211 g/mol. The SMILES string of the molecule is N=C(N)CCNC(=O)Nc1ccccc1F. The Morgan fingerprint density at radius 3 is 2.75 bits per heavy atom. The van der Waals surface area contributed by atoms with Crippen molar-refractivity contribution in [3.8, 4) is 0 Å². The smallest absolute Gasteiger partial charge is 0.319 e. The van der Waals surface area contributed by atoms with Gasteiger partial charge in [-0.3, -0.25) is 5.41 Å². The second kappa shape index (κ2) is 5.69. The maximum absolute atomic E-state index is 13.1. The minimum atomic E-state index is -0.522. The zero-order chi connectivity index (χ0) is 12.0. The highest BCUT2D eigenvalue weighted by Gasteiger charge is 2.04. The number of nitrogens with one attached hydrogen (secondary N) is 3. The average Bonchev–Trinajstić information content (AvgIpc) is 2.21.